The summed E-state index contributed by atoms with van der Waals surface area (Å²) in [5, 5.41) is 0. The second kappa shape index (κ2) is 7.45. The van der Waals surface area contributed by atoms with E-state index in [2.05, 4.69) is 53.9 Å². The van der Waals surface area contributed by atoms with Crippen LogP contribution in [0.5, 0.6) is 0 Å². The third-order valence-electron chi connectivity index (χ3n) is 4.84. The molecule has 0 aromatic rings. The molecule has 0 aromatic carbocycles. The number of hydrogen-bond donors (Lipinski definition) is 0. The second-order valence-electron chi connectivity index (χ2n) is 7.61. The van der Waals surface area contributed by atoms with Gasteiger partial charge in [0.15, 0.2) is 0 Å². The lowest BCUT2D eigenvalue weighted by Gasteiger charge is -2.54. The molecule has 0 atom stereocenters. The highest BCUT2D eigenvalue weighted by Gasteiger charge is 2.47. The van der Waals surface area contributed by atoms with E-state index in [1.807, 2.05) is 6.08 Å². The van der Waals surface area contributed by atoms with Crippen LogP contribution in [0.4, 0.5) is 0 Å². The Kier molecular flexibility index (Phi) is 6.46. The van der Waals surface area contributed by atoms with Crippen LogP contribution in [0.1, 0.15) is 73.1 Å². The quantitative estimate of drug-likeness (QED) is 0.441. The summed E-state index contributed by atoms with van der Waals surface area (Å²) in [6.07, 6.45) is 11.5. The lowest BCUT2D eigenvalue weighted by Crippen LogP contribution is -2.53. The minimum Gasteiger partial charge on any atom is -0.369 e. The standard InChI is InChI=1S/C10H18O.C10H16/c1-9(2)8-4-6-10(3,11-9)7-5-8;1-5-10(4)8-6-7-9(2)3/h8H,4-7H2,1-3H3;5,7H,1,4,6,8H2,2-3H3. The summed E-state index contributed by atoms with van der Waals surface area (Å²) in [5.41, 5.74) is 2.87. The van der Waals surface area contributed by atoms with E-state index >= 15 is 0 Å². The normalized spacial score (nSPS) is 29.1. The van der Waals surface area contributed by atoms with Crippen molar-refractivity contribution in [3.63, 3.8) is 0 Å². The summed E-state index contributed by atoms with van der Waals surface area (Å²) in [7, 11) is 0. The Labute approximate surface area is 132 Å². The van der Waals surface area contributed by atoms with Crippen molar-refractivity contribution in [2.45, 2.75) is 84.3 Å². The zero-order chi connectivity index (χ0) is 16.1. The largest absolute Gasteiger partial charge is 0.369 e. The lowest BCUT2D eigenvalue weighted by molar-refractivity contribution is -0.229. The molecule has 2 aliphatic heterocycles. The van der Waals surface area contributed by atoms with Gasteiger partial charge in [-0.25, -0.2) is 0 Å². The van der Waals surface area contributed by atoms with Gasteiger partial charge in [-0.15, -0.1) is 0 Å². The third-order valence-corrected chi connectivity index (χ3v) is 4.84. The van der Waals surface area contributed by atoms with Crippen LogP contribution in [0, 0.1) is 5.92 Å². The Morgan fingerprint density at radius 3 is 2.10 bits per heavy atom. The van der Waals surface area contributed by atoms with Crippen LogP contribution in [0.15, 0.2) is 36.5 Å². The van der Waals surface area contributed by atoms with Crippen molar-refractivity contribution in [3.05, 3.63) is 36.5 Å². The smallest absolute Gasteiger partial charge is 0.0662 e. The van der Waals surface area contributed by atoms with Gasteiger partial charge in [0.25, 0.3) is 0 Å². The first kappa shape index (κ1) is 18.2. The molecule has 0 amide bonds. The monoisotopic (exact) mass is 290 g/mol. The highest BCUT2D eigenvalue weighted by Crippen LogP contribution is 2.49. The van der Waals surface area contributed by atoms with Gasteiger partial charge in [-0.1, -0.05) is 36.5 Å². The first-order valence-electron chi connectivity index (χ1n) is 8.32. The van der Waals surface area contributed by atoms with Gasteiger partial charge < -0.3 is 4.74 Å². The Balaban J connectivity index is 0.000000212. The van der Waals surface area contributed by atoms with E-state index in [0.717, 1.165) is 24.3 Å². The van der Waals surface area contributed by atoms with Gasteiger partial charge >= 0.3 is 0 Å². The molecule has 0 spiro atoms. The zero-order valence-electron chi connectivity index (χ0n) is 14.8. The Bertz CT molecular complexity index is 385. The van der Waals surface area contributed by atoms with Gasteiger partial charge in [0.05, 0.1) is 11.2 Å². The summed E-state index contributed by atoms with van der Waals surface area (Å²) < 4.78 is 6.06. The molecule has 3 rings (SSSR count). The van der Waals surface area contributed by atoms with E-state index in [-0.39, 0.29) is 11.2 Å². The Morgan fingerprint density at radius 2 is 1.76 bits per heavy atom. The van der Waals surface area contributed by atoms with E-state index in [1.54, 1.807) is 0 Å². The number of hydrogen-bond acceptors (Lipinski definition) is 1. The zero-order valence-corrected chi connectivity index (χ0v) is 14.8. The molecule has 21 heavy (non-hydrogen) atoms. The van der Waals surface area contributed by atoms with Crippen LogP contribution in [0.25, 0.3) is 0 Å². The van der Waals surface area contributed by atoms with Gasteiger partial charge in [-0.05, 0) is 79.1 Å². The van der Waals surface area contributed by atoms with Gasteiger partial charge in [-0.3, -0.25) is 0 Å². The van der Waals surface area contributed by atoms with Crippen LogP contribution in [-0.2, 0) is 4.74 Å². The fourth-order valence-electron chi connectivity index (χ4n) is 3.39. The lowest BCUT2D eigenvalue weighted by atomic mass is 9.69. The SMILES string of the molecule is C=CC(=C)CCC=C(C)C.CC12CCC(CC1)C(C)(C)O2. The van der Waals surface area contributed by atoms with Crippen LogP contribution in [-0.4, -0.2) is 11.2 Å². The van der Waals surface area contributed by atoms with Crippen LogP contribution < -0.4 is 0 Å². The molecule has 0 aromatic heterocycles. The summed E-state index contributed by atoms with van der Waals surface area (Å²) in [6, 6.07) is 0. The summed E-state index contributed by atoms with van der Waals surface area (Å²) in [4.78, 5) is 0. The van der Waals surface area contributed by atoms with E-state index in [4.69, 9.17) is 4.74 Å². The Hall–Kier alpha value is -0.820. The highest BCUT2D eigenvalue weighted by atomic mass is 16.5. The van der Waals surface area contributed by atoms with Crippen molar-refractivity contribution in [2.24, 2.45) is 5.92 Å². The second-order valence-corrected chi connectivity index (χ2v) is 7.61. The molecule has 2 saturated heterocycles. The first-order chi connectivity index (χ1) is 9.68. The highest BCUT2D eigenvalue weighted by molar-refractivity contribution is 5.11. The van der Waals surface area contributed by atoms with Crippen LogP contribution in [0.3, 0.4) is 0 Å². The molecule has 3 aliphatic rings. The van der Waals surface area contributed by atoms with Crippen molar-refractivity contribution < 1.29 is 4.74 Å². The maximum absolute atomic E-state index is 6.06. The van der Waals surface area contributed by atoms with Gasteiger partial charge in [0.2, 0.25) is 0 Å². The maximum atomic E-state index is 6.06. The summed E-state index contributed by atoms with van der Waals surface area (Å²) in [5.74, 6) is 0.823. The van der Waals surface area contributed by atoms with E-state index < -0.39 is 0 Å². The number of fused-ring (bicyclic) bond motifs is 3. The van der Waals surface area contributed by atoms with Crippen molar-refractivity contribution in [1.29, 1.82) is 0 Å². The molecule has 1 nitrogen and oxygen atoms in total. The predicted octanol–water partition coefficient (Wildman–Crippen LogP) is 6.22. The molecule has 0 radical (unpaired) electrons. The van der Waals surface area contributed by atoms with E-state index in [1.165, 1.54) is 31.3 Å². The van der Waals surface area contributed by atoms with Crippen molar-refractivity contribution in [3.8, 4) is 0 Å². The van der Waals surface area contributed by atoms with E-state index in [0.29, 0.717) is 0 Å². The minimum atomic E-state index is 0.158. The van der Waals surface area contributed by atoms with Gasteiger partial charge in [0, 0.05) is 0 Å². The number of rotatable bonds is 4. The molecular formula is C20H34O. The molecule has 3 fully saturated rings. The van der Waals surface area contributed by atoms with Gasteiger partial charge in [0.1, 0.15) is 0 Å². The average Bonchev–Trinajstić information content (AvgIpc) is 2.37. The van der Waals surface area contributed by atoms with Crippen molar-refractivity contribution in [1.82, 2.24) is 0 Å². The average molecular weight is 290 g/mol. The molecule has 120 valence electrons. The number of allylic oxidation sites excluding steroid dienone is 4. The molecular weight excluding hydrogens is 256 g/mol. The Morgan fingerprint density at radius 1 is 1.19 bits per heavy atom. The van der Waals surface area contributed by atoms with Crippen molar-refractivity contribution >= 4 is 0 Å². The van der Waals surface area contributed by atoms with Crippen LogP contribution >= 0.6 is 0 Å². The molecule has 2 heterocycles. The molecule has 1 saturated carbocycles. The fourth-order valence-corrected chi connectivity index (χ4v) is 3.39. The topological polar surface area (TPSA) is 9.23 Å². The maximum Gasteiger partial charge on any atom is 0.0662 e. The molecule has 2 bridgehead atoms. The molecule has 1 aliphatic carbocycles. The first-order valence-corrected chi connectivity index (χ1v) is 8.32. The number of ether oxygens (including phenoxy) is 1. The van der Waals surface area contributed by atoms with Crippen LogP contribution in [0.2, 0.25) is 0 Å². The van der Waals surface area contributed by atoms with E-state index in [9.17, 15) is 0 Å². The molecule has 1 heteroatoms. The minimum absolute atomic E-state index is 0.158. The van der Waals surface area contributed by atoms with Gasteiger partial charge in [-0.2, -0.15) is 0 Å². The molecule has 0 N–H and O–H groups in total. The third kappa shape index (κ3) is 5.82. The van der Waals surface area contributed by atoms with Crippen molar-refractivity contribution in [2.75, 3.05) is 0 Å². The summed E-state index contributed by atoms with van der Waals surface area (Å²) >= 11 is 0. The summed E-state index contributed by atoms with van der Waals surface area (Å²) in [6.45, 7) is 18.4. The fraction of sp³-hybridized carbons (Fsp3) is 0.700. The molecule has 0 unspecified atom stereocenters. The predicted molar refractivity (Wildman–Crippen MR) is 93.5 cm³/mol.